The molecule has 0 spiro atoms. The Morgan fingerprint density at radius 3 is 2.78 bits per heavy atom. The first-order valence-electron chi connectivity index (χ1n) is 5.63. The van der Waals surface area contributed by atoms with Crippen molar-refractivity contribution in [2.24, 2.45) is 0 Å². The van der Waals surface area contributed by atoms with Crippen LogP contribution < -0.4 is 5.73 Å². The fourth-order valence-electron chi connectivity index (χ4n) is 1.91. The van der Waals surface area contributed by atoms with Crippen molar-refractivity contribution in [2.45, 2.75) is 13.3 Å². The van der Waals surface area contributed by atoms with Crippen molar-refractivity contribution in [3.05, 3.63) is 64.5 Å². The van der Waals surface area contributed by atoms with Crippen LogP contribution in [0, 0.1) is 24.1 Å². The zero-order chi connectivity index (χ0) is 13.1. The quantitative estimate of drug-likeness (QED) is 0.819. The van der Waals surface area contributed by atoms with Gasteiger partial charge in [-0.2, -0.15) is 5.26 Å². The van der Waals surface area contributed by atoms with E-state index < -0.39 is 0 Å². The van der Waals surface area contributed by atoms with Crippen LogP contribution in [-0.4, -0.2) is 0 Å². The number of halogens is 1. The van der Waals surface area contributed by atoms with Crippen LogP contribution in [-0.2, 0) is 6.42 Å². The molecular formula is C15H13FN2. The number of anilines is 1. The molecule has 2 nitrogen and oxygen atoms in total. The summed E-state index contributed by atoms with van der Waals surface area (Å²) in [6.07, 6.45) is 0.573. The zero-order valence-electron chi connectivity index (χ0n) is 10.1. The van der Waals surface area contributed by atoms with Gasteiger partial charge in [0.2, 0.25) is 0 Å². The standard InChI is InChI=1S/C15H13FN2/c1-10-13(7-14(16)8-15(10)18)6-11-3-2-4-12(5-11)9-17/h2-5,7-8H,6,18H2,1H3. The molecule has 0 unspecified atom stereocenters. The average molecular weight is 240 g/mol. The number of nitrogens with zero attached hydrogens (tertiary/aromatic N) is 1. The molecule has 2 aromatic carbocycles. The summed E-state index contributed by atoms with van der Waals surface area (Å²) in [5.74, 6) is -0.329. The second-order valence-corrected chi connectivity index (χ2v) is 4.27. The van der Waals surface area contributed by atoms with Gasteiger partial charge >= 0.3 is 0 Å². The average Bonchev–Trinajstić information content (AvgIpc) is 2.35. The molecule has 0 aliphatic heterocycles. The summed E-state index contributed by atoms with van der Waals surface area (Å²) < 4.78 is 13.3. The summed E-state index contributed by atoms with van der Waals surface area (Å²) in [6.45, 7) is 1.87. The van der Waals surface area contributed by atoms with Crippen LogP contribution in [0.3, 0.4) is 0 Å². The number of nitrogens with two attached hydrogens (primary N) is 1. The van der Waals surface area contributed by atoms with E-state index in [9.17, 15) is 4.39 Å². The number of hydrogen-bond acceptors (Lipinski definition) is 2. The molecule has 90 valence electrons. The van der Waals surface area contributed by atoms with E-state index in [0.29, 0.717) is 17.7 Å². The van der Waals surface area contributed by atoms with Gasteiger partial charge in [-0.15, -0.1) is 0 Å². The van der Waals surface area contributed by atoms with Crippen LogP contribution in [0.1, 0.15) is 22.3 Å². The molecule has 0 aliphatic carbocycles. The van der Waals surface area contributed by atoms with Gasteiger partial charge < -0.3 is 5.73 Å². The van der Waals surface area contributed by atoms with Gasteiger partial charge in [0.25, 0.3) is 0 Å². The molecule has 0 saturated heterocycles. The van der Waals surface area contributed by atoms with Gasteiger partial charge in [-0.25, -0.2) is 4.39 Å². The second kappa shape index (κ2) is 4.89. The Labute approximate surface area is 105 Å². The summed E-state index contributed by atoms with van der Waals surface area (Å²) in [7, 11) is 0. The Hall–Kier alpha value is -2.34. The van der Waals surface area contributed by atoms with Gasteiger partial charge in [-0.05, 0) is 54.3 Å². The smallest absolute Gasteiger partial charge is 0.125 e. The van der Waals surface area contributed by atoms with Crippen LogP contribution in [0.25, 0.3) is 0 Å². The summed E-state index contributed by atoms with van der Waals surface area (Å²) in [6, 6.07) is 12.2. The van der Waals surface area contributed by atoms with E-state index in [1.165, 1.54) is 12.1 Å². The normalized spacial score (nSPS) is 10.1. The van der Waals surface area contributed by atoms with Crippen molar-refractivity contribution in [3.8, 4) is 6.07 Å². The lowest BCUT2D eigenvalue weighted by molar-refractivity contribution is 0.626. The first-order chi connectivity index (χ1) is 8.60. The van der Waals surface area contributed by atoms with E-state index in [-0.39, 0.29) is 5.82 Å². The van der Waals surface area contributed by atoms with Gasteiger partial charge in [-0.1, -0.05) is 12.1 Å². The Morgan fingerprint density at radius 2 is 2.06 bits per heavy atom. The Balaban J connectivity index is 2.37. The third-order valence-corrected chi connectivity index (χ3v) is 2.97. The van der Waals surface area contributed by atoms with Gasteiger partial charge in [0.05, 0.1) is 11.6 Å². The van der Waals surface area contributed by atoms with Gasteiger partial charge in [0.1, 0.15) is 5.82 Å². The van der Waals surface area contributed by atoms with E-state index in [2.05, 4.69) is 6.07 Å². The SMILES string of the molecule is Cc1c(N)cc(F)cc1Cc1cccc(C#N)c1. The molecule has 0 amide bonds. The molecule has 0 atom stereocenters. The van der Waals surface area contributed by atoms with E-state index in [4.69, 9.17) is 11.0 Å². The van der Waals surface area contributed by atoms with Crippen molar-refractivity contribution in [1.82, 2.24) is 0 Å². The third-order valence-electron chi connectivity index (χ3n) is 2.97. The third kappa shape index (κ3) is 2.49. The molecule has 18 heavy (non-hydrogen) atoms. The van der Waals surface area contributed by atoms with Gasteiger partial charge in [0, 0.05) is 5.69 Å². The second-order valence-electron chi connectivity index (χ2n) is 4.27. The van der Waals surface area contributed by atoms with E-state index in [0.717, 1.165) is 16.7 Å². The molecule has 0 aliphatic rings. The Kier molecular flexibility index (Phi) is 3.29. The van der Waals surface area contributed by atoms with E-state index >= 15 is 0 Å². The highest BCUT2D eigenvalue weighted by molar-refractivity contribution is 5.51. The fraction of sp³-hybridized carbons (Fsp3) is 0.133. The summed E-state index contributed by atoms with van der Waals surface area (Å²) in [5, 5.41) is 8.84. The number of hydrogen-bond donors (Lipinski definition) is 1. The fourth-order valence-corrected chi connectivity index (χ4v) is 1.91. The first-order valence-corrected chi connectivity index (χ1v) is 5.63. The summed E-state index contributed by atoms with van der Waals surface area (Å²) in [5.41, 5.74) is 9.52. The largest absolute Gasteiger partial charge is 0.398 e. The topological polar surface area (TPSA) is 49.8 Å². The molecule has 0 radical (unpaired) electrons. The van der Waals surface area contributed by atoms with Crippen molar-refractivity contribution >= 4 is 5.69 Å². The van der Waals surface area contributed by atoms with Crippen LogP contribution in [0.15, 0.2) is 36.4 Å². The molecule has 2 N–H and O–H groups in total. The number of benzene rings is 2. The lowest BCUT2D eigenvalue weighted by atomic mass is 9.98. The molecule has 0 aromatic heterocycles. The zero-order valence-corrected chi connectivity index (χ0v) is 10.1. The molecular weight excluding hydrogens is 227 g/mol. The maximum Gasteiger partial charge on any atom is 0.125 e. The highest BCUT2D eigenvalue weighted by Crippen LogP contribution is 2.21. The molecule has 0 heterocycles. The lowest BCUT2D eigenvalue weighted by Gasteiger charge is -2.09. The van der Waals surface area contributed by atoms with Crippen molar-refractivity contribution in [2.75, 3.05) is 5.73 Å². The highest BCUT2D eigenvalue weighted by atomic mass is 19.1. The number of nitrogen functional groups attached to an aromatic ring is 1. The van der Waals surface area contributed by atoms with Crippen LogP contribution in [0.2, 0.25) is 0 Å². The number of rotatable bonds is 2. The van der Waals surface area contributed by atoms with Crippen LogP contribution >= 0.6 is 0 Å². The van der Waals surface area contributed by atoms with E-state index in [1.54, 1.807) is 12.1 Å². The first kappa shape index (κ1) is 12.1. The molecule has 0 fully saturated rings. The Morgan fingerprint density at radius 1 is 1.28 bits per heavy atom. The molecule has 2 aromatic rings. The summed E-state index contributed by atoms with van der Waals surface area (Å²) >= 11 is 0. The number of nitriles is 1. The molecule has 3 heteroatoms. The minimum atomic E-state index is -0.329. The van der Waals surface area contributed by atoms with Crippen molar-refractivity contribution in [3.63, 3.8) is 0 Å². The van der Waals surface area contributed by atoms with Crippen molar-refractivity contribution in [1.29, 1.82) is 5.26 Å². The maximum atomic E-state index is 13.3. The maximum absolute atomic E-state index is 13.3. The van der Waals surface area contributed by atoms with Crippen molar-refractivity contribution < 1.29 is 4.39 Å². The van der Waals surface area contributed by atoms with Gasteiger partial charge in [0.15, 0.2) is 0 Å². The predicted molar refractivity (Wildman–Crippen MR) is 69.5 cm³/mol. The predicted octanol–water partition coefficient (Wildman–Crippen LogP) is 3.18. The highest BCUT2D eigenvalue weighted by Gasteiger charge is 2.06. The lowest BCUT2D eigenvalue weighted by Crippen LogP contribution is -1.99. The minimum absolute atomic E-state index is 0.329. The van der Waals surface area contributed by atoms with Gasteiger partial charge in [-0.3, -0.25) is 0 Å². The monoisotopic (exact) mass is 240 g/mol. The summed E-state index contributed by atoms with van der Waals surface area (Å²) in [4.78, 5) is 0. The van der Waals surface area contributed by atoms with Crippen LogP contribution in [0.4, 0.5) is 10.1 Å². The molecule has 0 bridgehead atoms. The van der Waals surface area contributed by atoms with Crippen LogP contribution in [0.5, 0.6) is 0 Å². The van der Waals surface area contributed by atoms with E-state index in [1.807, 2.05) is 19.1 Å². The molecule has 0 saturated carbocycles. The molecule has 2 rings (SSSR count). The minimum Gasteiger partial charge on any atom is -0.398 e. The Bertz CT molecular complexity index is 627.